The van der Waals surface area contributed by atoms with E-state index in [1.165, 1.54) is 93.4 Å². The molecular weight excluding hydrogens is 767 g/mol. The number of nitrogens with two attached hydrogens (primary N) is 1. The number of nitrogens with zero attached hydrogens (tertiary/aromatic N) is 4. The molecule has 0 amide bonds. The Bertz CT molecular complexity index is 3530. The average molecular weight is 811 g/mol. The second-order valence-corrected chi connectivity index (χ2v) is 18.0. The van der Waals surface area contributed by atoms with Gasteiger partial charge in [-0.15, -0.1) is 0 Å². The lowest BCUT2D eigenvalue weighted by atomic mass is 9.79. The number of fused-ring (bicyclic) bond motifs is 11. The number of para-hydroxylation sites is 2. The van der Waals surface area contributed by atoms with E-state index < -0.39 is 0 Å². The van der Waals surface area contributed by atoms with Crippen molar-refractivity contribution in [1.82, 2.24) is 14.6 Å². The van der Waals surface area contributed by atoms with Gasteiger partial charge in [0.15, 0.2) is 12.3 Å². The van der Waals surface area contributed by atoms with Crippen LogP contribution in [-0.4, -0.2) is 20.1 Å². The van der Waals surface area contributed by atoms with E-state index >= 15 is 0 Å². The number of hydrazine groups is 1. The molecule has 0 radical (unpaired) electrons. The zero-order valence-corrected chi connectivity index (χ0v) is 34.9. The fourth-order valence-corrected chi connectivity index (χ4v) is 11.9. The van der Waals surface area contributed by atoms with E-state index in [1.54, 1.807) is 0 Å². The van der Waals surface area contributed by atoms with Gasteiger partial charge in [0.25, 0.3) is 0 Å². The van der Waals surface area contributed by atoms with E-state index in [9.17, 15) is 0 Å². The first-order valence-corrected chi connectivity index (χ1v) is 22.3. The quantitative estimate of drug-likeness (QED) is 0.139. The summed E-state index contributed by atoms with van der Waals surface area (Å²) in [4.78, 5) is 2.65. The Kier molecular flexibility index (Phi) is 7.36. The Balaban J connectivity index is 0.927. The van der Waals surface area contributed by atoms with Crippen molar-refractivity contribution in [3.63, 3.8) is 0 Å². The van der Waals surface area contributed by atoms with Crippen molar-refractivity contribution in [1.29, 1.82) is 0 Å². The highest BCUT2D eigenvalue weighted by Gasteiger charge is 2.64. The first-order chi connectivity index (χ1) is 31.1. The molecule has 1 aliphatic carbocycles. The van der Waals surface area contributed by atoms with Crippen LogP contribution in [0.15, 0.2) is 212 Å². The third kappa shape index (κ3) is 4.98. The largest absolute Gasteiger partial charge is 0.331 e. The number of allylic oxidation sites excluding steroid dienone is 2. The minimum Gasteiger partial charge on any atom is -0.331 e. The lowest BCUT2D eigenvalue weighted by Gasteiger charge is -2.39. The molecule has 5 heteroatoms. The molecule has 4 heterocycles. The van der Waals surface area contributed by atoms with Crippen molar-refractivity contribution < 1.29 is 5.32 Å². The van der Waals surface area contributed by atoms with Crippen LogP contribution in [0, 0.1) is 0 Å². The molecule has 14 rings (SSSR count). The maximum atomic E-state index is 2.65. The number of benzene rings is 9. The summed E-state index contributed by atoms with van der Waals surface area (Å²) in [6.45, 7) is 2.43. The molecule has 5 nitrogen and oxygen atoms in total. The summed E-state index contributed by atoms with van der Waals surface area (Å²) in [6.07, 6.45) is 9.81. The van der Waals surface area contributed by atoms with Crippen LogP contribution >= 0.6 is 0 Å². The van der Waals surface area contributed by atoms with E-state index in [0.29, 0.717) is 0 Å². The van der Waals surface area contributed by atoms with Gasteiger partial charge < -0.3 is 14.8 Å². The van der Waals surface area contributed by atoms with Gasteiger partial charge in [0.1, 0.15) is 6.17 Å². The smallest absolute Gasteiger partial charge is 0.185 e. The minimum atomic E-state index is -0.337. The third-order valence-corrected chi connectivity index (χ3v) is 14.7. The molecule has 9 aromatic carbocycles. The van der Waals surface area contributed by atoms with E-state index in [0.717, 1.165) is 0 Å². The average Bonchev–Trinajstić information content (AvgIpc) is 3.65. The minimum absolute atomic E-state index is 0.102. The Morgan fingerprint density at radius 2 is 1.08 bits per heavy atom. The Hall–Kier alpha value is -7.28. The predicted molar refractivity (Wildman–Crippen MR) is 258 cm³/mol. The number of quaternary nitrogens is 1. The topological polar surface area (TPSA) is 30.8 Å². The molecule has 10 aromatic rings. The molecule has 3 aliphatic heterocycles. The van der Waals surface area contributed by atoms with Crippen LogP contribution in [0.5, 0.6) is 0 Å². The molecule has 2 fully saturated rings. The third-order valence-electron chi connectivity index (χ3n) is 14.7. The molecule has 2 N–H and O–H groups in total. The van der Waals surface area contributed by atoms with E-state index in [1.807, 2.05) is 0 Å². The van der Waals surface area contributed by atoms with Crippen molar-refractivity contribution >= 4 is 65.5 Å². The number of hydrogen-bond donors (Lipinski definition) is 1. The molecule has 4 aliphatic rings. The normalized spacial score (nSPS) is 24.4. The van der Waals surface area contributed by atoms with Crippen molar-refractivity contribution in [2.75, 3.05) is 4.90 Å². The molecule has 300 valence electrons. The first kappa shape index (κ1) is 35.3. The molecule has 63 heavy (non-hydrogen) atoms. The van der Waals surface area contributed by atoms with Crippen molar-refractivity contribution in [3.05, 3.63) is 235 Å². The summed E-state index contributed by atoms with van der Waals surface area (Å²) in [5.41, 5.74) is 11.2. The van der Waals surface area contributed by atoms with Gasteiger partial charge in [-0.2, -0.15) is 10.0 Å². The highest BCUT2D eigenvalue weighted by atomic mass is 15.9. The van der Waals surface area contributed by atoms with Gasteiger partial charge in [0, 0.05) is 50.1 Å². The summed E-state index contributed by atoms with van der Waals surface area (Å²) < 4.78 is 2.56. The maximum absolute atomic E-state index is 2.65. The predicted octanol–water partition coefficient (Wildman–Crippen LogP) is 12.9. The lowest BCUT2D eigenvalue weighted by Crippen LogP contribution is -2.85. The summed E-state index contributed by atoms with van der Waals surface area (Å²) in [6, 6.07) is 70.1. The Morgan fingerprint density at radius 3 is 1.86 bits per heavy atom. The number of aromatic nitrogens is 1. The molecule has 0 bridgehead atoms. The number of hydrogen-bond acceptors (Lipinski definition) is 3. The van der Waals surface area contributed by atoms with Gasteiger partial charge in [-0.3, -0.25) is 0 Å². The van der Waals surface area contributed by atoms with Crippen LogP contribution in [0.25, 0.3) is 59.8 Å². The first-order valence-electron chi connectivity index (χ1n) is 22.3. The molecule has 0 spiro atoms. The second-order valence-electron chi connectivity index (χ2n) is 18.0. The van der Waals surface area contributed by atoms with Crippen molar-refractivity contribution in [2.45, 2.75) is 36.9 Å². The fraction of sp³-hybridized carbons (Fsp3) is 0.103. The molecule has 2 saturated heterocycles. The Labute approximate surface area is 366 Å². The van der Waals surface area contributed by atoms with Gasteiger partial charge in [-0.05, 0) is 75.8 Å². The van der Waals surface area contributed by atoms with Crippen molar-refractivity contribution in [2.24, 2.45) is 0 Å². The van der Waals surface area contributed by atoms with Gasteiger partial charge in [-0.25, -0.2) is 0 Å². The highest BCUT2D eigenvalue weighted by molar-refractivity contribution is 6.12. The monoisotopic (exact) mass is 810 g/mol. The van der Waals surface area contributed by atoms with E-state index in [-0.39, 0.29) is 30.0 Å². The fourth-order valence-electron chi connectivity index (χ4n) is 11.9. The number of rotatable bonds is 5. The van der Waals surface area contributed by atoms with Gasteiger partial charge in [-0.1, -0.05) is 176 Å². The van der Waals surface area contributed by atoms with E-state index in [4.69, 9.17) is 0 Å². The highest BCUT2D eigenvalue weighted by Crippen LogP contribution is 2.59. The zero-order chi connectivity index (χ0) is 41.4. The van der Waals surface area contributed by atoms with Crippen molar-refractivity contribution in [3.8, 4) is 5.69 Å². The summed E-state index contributed by atoms with van der Waals surface area (Å²) in [7, 11) is 0. The number of anilines is 2. The van der Waals surface area contributed by atoms with Crippen LogP contribution in [0.4, 0.5) is 11.4 Å². The molecule has 7 unspecified atom stereocenters. The maximum Gasteiger partial charge on any atom is 0.185 e. The van der Waals surface area contributed by atoms with Crippen LogP contribution in [0.1, 0.15) is 53.6 Å². The standard InChI is InChI=1S/C58H43N5/c1-58-33-14-13-26-49(58)53-52(36-39-19-6-8-23-46(39)54(53)60-50-27-11-9-24-47(50)48-25-10-12-28-51(48)60)61(58)43-21-15-20-41(35-43)55-59-56(63-57(62(55)63)38-17-3-2-4-18-38)42-31-32-45-40(34-42)30-29-37-16-5-7-22-44(37)45/h2-36,49,55-57,59H,1H3/p+1. The van der Waals surface area contributed by atoms with Gasteiger partial charge in [0.05, 0.1) is 22.3 Å². The van der Waals surface area contributed by atoms with E-state index in [2.05, 4.69) is 244 Å². The second kappa shape index (κ2) is 13.1. The SMILES string of the molecule is CC12C=CC=CC1c1c(cc3ccccc3c1-n1c3ccccc3c3ccccc31)N2c1cccc(C2[NH2+]C(c3ccc4c(ccc5ccccc54)c3)N3C(c4ccccc4)N23)c1. The van der Waals surface area contributed by atoms with Crippen LogP contribution in [0.3, 0.4) is 0 Å². The van der Waals surface area contributed by atoms with Gasteiger partial charge >= 0.3 is 0 Å². The summed E-state index contributed by atoms with van der Waals surface area (Å²) >= 11 is 0. The van der Waals surface area contributed by atoms with Crippen LogP contribution < -0.4 is 10.2 Å². The van der Waals surface area contributed by atoms with Crippen LogP contribution in [0.2, 0.25) is 0 Å². The van der Waals surface area contributed by atoms with Gasteiger partial charge in [0.2, 0.25) is 0 Å². The van der Waals surface area contributed by atoms with Crippen LogP contribution in [-0.2, 0) is 0 Å². The molecule has 0 saturated carbocycles. The molecular formula is C58H44N5+. The molecule has 7 atom stereocenters. The zero-order valence-electron chi connectivity index (χ0n) is 34.9. The summed E-state index contributed by atoms with van der Waals surface area (Å²) in [5.74, 6) is 0.123. The Morgan fingerprint density at radius 1 is 0.476 bits per heavy atom. The summed E-state index contributed by atoms with van der Waals surface area (Å²) in [5, 5.41) is 18.0. The lowest BCUT2D eigenvalue weighted by molar-refractivity contribution is -0.735. The molecule has 1 aromatic heterocycles.